The summed E-state index contributed by atoms with van der Waals surface area (Å²) in [4.78, 5) is 0. The third-order valence-electron chi connectivity index (χ3n) is 3.19. The smallest absolute Gasteiger partial charge is 0.0661 e. The number of halogens is 2. The Kier molecular flexibility index (Phi) is 3.13. The molecule has 0 atom stereocenters. The fourth-order valence-electron chi connectivity index (χ4n) is 2.23. The lowest BCUT2D eigenvalue weighted by Gasteiger charge is -2.09. The molecule has 0 radical (unpaired) electrons. The number of aromatic nitrogens is 1. The van der Waals surface area contributed by atoms with Gasteiger partial charge in [-0.1, -0.05) is 41.4 Å². The maximum Gasteiger partial charge on any atom is 0.0661 e. The van der Waals surface area contributed by atoms with E-state index in [2.05, 4.69) is 4.57 Å². The molecule has 3 rings (SSSR count). The number of nitrogens with zero attached hydrogens (tertiary/aromatic N) is 1. The van der Waals surface area contributed by atoms with Crippen LogP contribution in [0.5, 0.6) is 0 Å². The number of para-hydroxylation sites is 1. The normalized spacial score (nSPS) is 11.1. The van der Waals surface area contributed by atoms with Crippen LogP contribution in [0, 0.1) is 0 Å². The molecule has 0 spiro atoms. The van der Waals surface area contributed by atoms with Gasteiger partial charge in [-0.25, -0.2) is 0 Å². The Balaban J connectivity index is 2.08. The number of hydrogen-bond acceptors (Lipinski definition) is 1. The number of benzene rings is 2. The molecule has 0 saturated carbocycles. The van der Waals surface area contributed by atoms with E-state index in [1.54, 1.807) is 6.07 Å². The second kappa shape index (κ2) is 4.80. The van der Waals surface area contributed by atoms with Crippen molar-refractivity contribution in [1.82, 2.24) is 4.57 Å². The van der Waals surface area contributed by atoms with Crippen molar-refractivity contribution in [2.75, 3.05) is 5.73 Å². The third kappa shape index (κ3) is 2.29. The molecule has 2 aromatic carbocycles. The van der Waals surface area contributed by atoms with Crippen molar-refractivity contribution in [3.05, 3.63) is 64.3 Å². The molecule has 0 bridgehead atoms. The number of hydrogen-bond donors (Lipinski definition) is 1. The van der Waals surface area contributed by atoms with Crippen LogP contribution in [0.2, 0.25) is 10.0 Å². The van der Waals surface area contributed by atoms with Crippen LogP contribution in [0.25, 0.3) is 10.9 Å². The van der Waals surface area contributed by atoms with E-state index in [-0.39, 0.29) is 0 Å². The van der Waals surface area contributed by atoms with E-state index in [4.69, 9.17) is 28.9 Å². The standard InChI is InChI=1S/C15H12Cl2N2/c16-11-5-6-14(18)10(7-11)8-19-9-13(17)12-3-1-2-4-15(12)19/h1-7,9H,8,18H2. The van der Waals surface area contributed by atoms with Gasteiger partial charge in [0.25, 0.3) is 0 Å². The first-order valence-corrected chi connectivity index (χ1v) is 6.68. The summed E-state index contributed by atoms with van der Waals surface area (Å²) in [5.74, 6) is 0. The molecule has 96 valence electrons. The van der Waals surface area contributed by atoms with Crippen molar-refractivity contribution < 1.29 is 0 Å². The first kappa shape index (κ1) is 12.4. The zero-order chi connectivity index (χ0) is 13.4. The van der Waals surface area contributed by atoms with E-state index in [9.17, 15) is 0 Å². The molecule has 19 heavy (non-hydrogen) atoms. The highest BCUT2D eigenvalue weighted by molar-refractivity contribution is 6.35. The molecule has 0 amide bonds. The van der Waals surface area contributed by atoms with E-state index in [1.807, 2.05) is 42.6 Å². The Morgan fingerprint density at radius 2 is 1.84 bits per heavy atom. The molecule has 1 aromatic heterocycles. The zero-order valence-electron chi connectivity index (χ0n) is 10.1. The lowest BCUT2D eigenvalue weighted by atomic mass is 10.2. The fourth-order valence-corrected chi connectivity index (χ4v) is 2.70. The van der Waals surface area contributed by atoms with Gasteiger partial charge >= 0.3 is 0 Å². The van der Waals surface area contributed by atoms with Gasteiger partial charge in [0.1, 0.15) is 0 Å². The molecule has 1 heterocycles. The maximum atomic E-state index is 6.24. The highest BCUT2D eigenvalue weighted by Gasteiger charge is 2.08. The van der Waals surface area contributed by atoms with Crippen molar-refractivity contribution in [3.8, 4) is 0 Å². The quantitative estimate of drug-likeness (QED) is 0.688. The van der Waals surface area contributed by atoms with Gasteiger partial charge < -0.3 is 10.3 Å². The zero-order valence-corrected chi connectivity index (χ0v) is 11.6. The van der Waals surface area contributed by atoms with E-state index < -0.39 is 0 Å². The predicted molar refractivity (Wildman–Crippen MR) is 81.9 cm³/mol. The Bertz CT molecular complexity index is 747. The Morgan fingerprint density at radius 3 is 2.68 bits per heavy atom. The summed E-state index contributed by atoms with van der Waals surface area (Å²) in [6.45, 7) is 0.652. The molecule has 4 heteroatoms. The van der Waals surface area contributed by atoms with Crippen LogP contribution < -0.4 is 5.73 Å². The maximum absolute atomic E-state index is 6.24. The van der Waals surface area contributed by atoms with E-state index >= 15 is 0 Å². The molecule has 0 unspecified atom stereocenters. The molecule has 0 aliphatic rings. The Labute approximate surface area is 121 Å². The van der Waals surface area contributed by atoms with E-state index in [0.717, 1.165) is 27.2 Å². The summed E-state index contributed by atoms with van der Waals surface area (Å²) in [6, 6.07) is 13.5. The minimum absolute atomic E-state index is 0.652. The van der Waals surface area contributed by atoms with Crippen LogP contribution in [0.15, 0.2) is 48.7 Å². The lowest BCUT2D eigenvalue weighted by Crippen LogP contribution is -2.01. The van der Waals surface area contributed by atoms with Gasteiger partial charge in [0.05, 0.1) is 5.02 Å². The first-order valence-electron chi connectivity index (χ1n) is 5.92. The molecule has 0 aliphatic heterocycles. The van der Waals surface area contributed by atoms with Crippen molar-refractivity contribution in [2.45, 2.75) is 6.54 Å². The van der Waals surface area contributed by atoms with Gasteiger partial charge in [0.2, 0.25) is 0 Å². The summed E-state index contributed by atoms with van der Waals surface area (Å²) in [5, 5.41) is 2.48. The van der Waals surface area contributed by atoms with Crippen LogP contribution in [0.4, 0.5) is 5.69 Å². The van der Waals surface area contributed by atoms with Crippen molar-refractivity contribution in [1.29, 1.82) is 0 Å². The summed E-state index contributed by atoms with van der Waals surface area (Å²) < 4.78 is 2.08. The minimum Gasteiger partial charge on any atom is -0.398 e. The van der Waals surface area contributed by atoms with Gasteiger partial charge in [-0.3, -0.25) is 0 Å². The van der Waals surface area contributed by atoms with Gasteiger partial charge in [-0.15, -0.1) is 0 Å². The van der Waals surface area contributed by atoms with Gasteiger partial charge in [0, 0.05) is 34.4 Å². The monoisotopic (exact) mass is 290 g/mol. The van der Waals surface area contributed by atoms with Crippen molar-refractivity contribution in [2.24, 2.45) is 0 Å². The summed E-state index contributed by atoms with van der Waals surface area (Å²) in [6.07, 6.45) is 1.92. The van der Waals surface area contributed by atoms with Crippen LogP contribution in [0.3, 0.4) is 0 Å². The average molecular weight is 291 g/mol. The second-order valence-corrected chi connectivity index (χ2v) is 5.31. The number of fused-ring (bicyclic) bond motifs is 1. The molecular formula is C15H12Cl2N2. The van der Waals surface area contributed by atoms with Crippen LogP contribution in [-0.4, -0.2) is 4.57 Å². The second-order valence-electron chi connectivity index (χ2n) is 4.47. The highest BCUT2D eigenvalue weighted by Crippen LogP contribution is 2.27. The van der Waals surface area contributed by atoms with Crippen LogP contribution >= 0.6 is 23.2 Å². The van der Waals surface area contributed by atoms with Gasteiger partial charge in [0.15, 0.2) is 0 Å². The largest absolute Gasteiger partial charge is 0.398 e. The molecule has 2 nitrogen and oxygen atoms in total. The number of nitrogen functional groups attached to an aromatic ring is 1. The Morgan fingerprint density at radius 1 is 1.05 bits per heavy atom. The molecule has 0 aliphatic carbocycles. The number of nitrogens with two attached hydrogens (primary N) is 1. The fraction of sp³-hybridized carbons (Fsp3) is 0.0667. The minimum atomic E-state index is 0.652. The summed E-state index contributed by atoms with van der Waals surface area (Å²) >= 11 is 12.3. The third-order valence-corrected chi connectivity index (χ3v) is 3.72. The topological polar surface area (TPSA) is 30.9 Å². The van der Waals surface area contributed by atoms with Gasteiger partial charge in [-0.05, 0) is 29.8 Å². The lowest BCUT2D eigenvalue weighted by molar-refractivity contribution is 0.839. The highest BCUT2D eigenvalue weighted by atomic mass is 35.5. The summed E-state index contributed by atoms with van der Waals surface area (Å²) in [7, 11) is 0. The van der Waals surface area contributed by atoms with Crippen LogP contribution in [-0.2, 0) is 6.54 Å². The predicted octanol–water partition coefficient (Wildman–Crippen LogP) is 4.58. The number of anilines is 1. The van der Waals surface area contributed by atoms with E-state index in [1.165, 1.54) is 0 Å². The van der Waals surface area contributed by atoms with Gasteiger partial charge in [-0.2, -0.15) is 0 Å². The molecular weight excluding hydrogens is 279 g/mol. The average Bonchev–Trinajstić information content (AvgIpc) is 2.72. The molecule has 0 fully saturated rings. The van der Waals surface area contributed by atoms with E-state index in [0.29, 0.717) is 11.6 Å². The summed E-state index contributed by atoms with van der Waals surface area (Å²) in [5.41, 5.74) is 8.80. The molecule has 3 aromatic rings. The molecule has 0 saturated heterocycles. The van der Waals surface area contributed by atoms with Crippen molar-refractivity contribution >= 4 is 39.8 Å². The molecule has 2 N–H and O–H groups in total. The number of rotatable bonds is 2. The van der Waals surface area contributed by atoms with Crippen LogP contribution in [0.1, 0.15) is 5.56 Å². The SMILES string of the molecule is Nc1ccc(Cl)cc1Cn1cc(Cl)c2ccccc21. The Hall–Kier alpha value is -1.64. The first-order chi connectivity index (χ1) is 9.15. The van der Waals surface area contributed by atoms with Crippen molar-refractivity contribution in [3.63, 3.8) is 0 Å².